The van der Waals surface area contributed by atoms with E-state index in [2.05, 4.69) is 0 Å². The molecule has 3 aromatic rings. The quantitative estimate of drug-likeness (QED) is 0.555. The molecule has 2 aromatic carbocycles. The van der Waals surface area contributed by atoms with Gasteiger partial charge in [0.25, 0.3) is 11.8 Å². The fourth-order valence-corrected chi connectivity index (χ4v) is 7.57. The van der Waals surface area contributed by atoms with Crippen molar-refractivity contribution in [3.8, 4) is 0 Å². The molecular formula is C26H24N2O6S. The lowest BCUT2D eigenvalue weighted by Gasteiger charge is -2.37. The van der Waals surface area contributed by atoms with Crippen LogP contribution in [0.1, 0.15) is 47.9 Å². The third-order valence-electron chi connectivity index (χ3n) is 7.38. The molecule has 2 atom stereocenters. The molecule has 9 heteroatoms. The number of hydrogen-bond acceptors (Lipinski definition) is 6. The summed E-state index contributed by atoms with van der Waals surface area (Å²) in [5.74, 6) is -1.55. The second kappa shape index (κ2) is 7.52. The van der Waals surface area contributed by atoms with E-state index in [1.807, 2.05) is 19.1 Å². The molecule has 3 aliphatic heterocycles. The van der Waals surface area contributed by atoms with E-state index in [1.54, 1.807) is 41.3 Å². The second-order valence-corrected chi connectivity index (χ2v) is 11.6. The van der Waals surface area contributed by atoms with Gasteiger partial charge in [0.15, 0.2) is 20.8 Å². The Bertz CT molecular complexity index is 1580. The van der Waals surface area contributed by atoms with Crippen molar-refractivity contribution in [2.45, 2.75) is 37.8 Å². The van der Waals surface area contributed by atoms with Crippen molar-refractivity contribution in [3.05, 3.63) is 75.6 Å². The van der Waals surface area contributed by atoms with E-state index in [1.165, 1.54) is 4.90 Å². The molecule has 0 aliphatic carbocycles. The number of rotatable bonds is 4. The maximum atomic E-state index is 14.4. The maximum Gasteiger partial charge on any atom is 0.291 e. The molecule has 0 unspecified atom stereocenters. The number of para-hydroxylation sites is 2. The smallest absolute Gasteiger partial charge is 0.291 e. The zero-order valence-electron chi connectivity index (χ0n) is 19.2. The van der Waals surface area contributed by atoms with Crippen molar-refractivity contribution in [1.82, 2.24) is 4.90 Å². The maximum absolute atomic E-state index is 14.4. The SMILES string of the molecule is CCCCN1C(=O)[C@@]2(c3ccccc31)c1c(oc3ccccc3c1=O)C(=O)N2[C@@H]1CCS(=O)(=O)C1. The van der Waals surface area contributed by atoms with Crippen LogP contribution in [0.5, 0.6) is 0 Å². The highest BCUT2D eigenvalue weighted by atomic mass is 32.2. The highest BCUT2D eigenvalue weighted by molar-refractivity contribution is 7.91. The van der Waals surface area contributed by atoms with Crippen molar-refractivity contribution in [2.24, 2.45) is 0 Å². The van der Waals surface area contributed by atoms with Gasteiger partial charge in [0.05, 0.1) is 28.1 Å². The fraction of sp³-hybridized carbons (Fsp3) is 0.346. The highest BCUT2D eigenvalue weighted by Crippen LogP contribution is 2.54. The molecule has 2 amide bonds. The van der Waals surface area contributed by atoms with Gasteiger partial charge in [-0.05, 0) is 31.0 Å². The average molecular weight is 493 g/mol. The lowest BCUT2D eigenvalue weighted by atomic mass is 9.83. The molecule has 0 radical (unpaired) electrons. The van der Waals surface area contributed by atoms with Gasteiger partial charge in [-0.1, -0.05) is 43.7 Å². The van der Waals surface area contributed by atoms with Gasteiger partial charge >= 0.3 is 0 Å². The van der Waals surface area contributed by atoms with Crippen molar-refractivity contribution in [2.75, 3.05) is 23.0 Å². The molecule has 180 valence electrons. The molecule has 6 rings (SSSR count). The van der Waals surface area contributed by atoms with Crippen molar-refractivity contribution in [3.63, 3.8) is 0 Å². The summed E-state index contributed by atoms with van der Waals surface area (Å²) in [5, 5.41) is 0.275. The minimum Gasteiger partial charge on any atom is -0.450 e. The molecule has 0 bridgehead atoms. The van der Waals surface area contributed by atoms with E-state index in [0.717, 1.165) is 12.8 Å². The van der Waals surface area contributed by atoms with E-state index in [4.69, 9.17) is 4.42 Å². The topological polar surface area (TPSA) is 105 Å². The number of amides is 2. The number of carbonyl (C=O) groups excluding carboxylic acids is 2. The molecule has 1 spiro atoms. The molecule has 1 saturated heterocycles. The minimum atomic E-state index is -3.39. The molecular weight excluding hydrogens is 468 g/mol. The summed E-state index contributed by atoms with van der Waals surface area (Å²) >= 11 is 0. The Morgan fingerprint density at radius 3 is 2.54 bits per heavy atom. The van der Waals surface area contributed by atoms with Crippen LogP contribution in [0.2, 0.25) is 0 Å². The van der Waals surface area contributed by atoms with Gasteiger partial charge in [0.2, 0.25) is 5.76 Å². The summed E-state index contributed by atoms with van der Waals surface area (Å²) in [7, 11) is -3.39. The Labute approximate surface area is 202 Å². The van der Waals surface area contributed by atoms with E-state index in [0.29, 0.717) is 17.8 Å². The minimum absolute atomic E-state index is 0.0121. The number of sulfone groups is 1. The highest BCUT2D eigenvalue weighted by Gasteiger charge is 2.66. The summed E-state index contributed by atoms with van der Waals surface area (Å²) in [6.45, 7) is 2.44. The van der Waals surface area contributed by atoms with Crippen LogP contribution < -0.4 is 10.3 Å². The van der Waals surface area contributed by atoms with E-state index >= 15 is 0 Å². The monoisotopic (exact) mass is 492 g/mol. The normalized spacial score (nSPS) is 24.5. The number of hydrogen-bond donors (Lipinski definition) is 0. The lowest BCUT2D eigenvalue weighted by Crippen LogP contribution is -2.57. The summed E-state index contributed by atoms with van der Waals surface area (Å²) in [5.41, 5.74) is -0.820. The second-order valence-electron chi connectivity index (χ2n) is 9.40. The third kappa shape index (κ3) is 2.84. The third-order valence-corrected chi connectivity index (χ3v) is 9.13. The van der Waals surface area contributed by atoms with Crippen molar-refractivity contribution < 1.29 is 22.4 Å². The molecule has 3 aliphatic rings. The van der Waals surface area contributed by atoms with Crippen LogP contribution in [0.25, 0.3) is 11.0 Å². The zero-order valence-corrected chi connectivity index (χ0v) is 20.0. The van der Waals surface area contributed by atoms with Gasteiger partial charge in [-0.15, -0.1) is 0 Å². The molecule has 1 aromatic heterocycles. The van der Waals surface area contributed by atoms with Gasteiger partial charge in [-0.3, -0.25) is 14.4 Å². The number of anilines is 1. The van der Waals surface area contributed by atoms with E-state index < -0.39 is 38.7 Å². The number of fused-ring (bicyclic) bond motifs is 5. The first kappa shape index (κ1) is 22.0. The summed E-state index contributed by atoms with van der Waals surface area (Å²) in [6.07, 6.45) is 1.79. The Balaban J connectivity index is 1.70. The van der Waals surface area contributed by atoms with Gasteiger partial charge in [-0.25, -0.2) is 8.42 Å². The van der Waals surface area contributed by atoms with Gasteiger partial charge < -0.3 is 14.2 Å². The predicted octanol–water partition coefficient (Wildman–Crippen LogP) is 2.83. The predicted molar refractivity (Wildman–Crippen MR) is 130 cm³/mol. The molecule has 0 saturated carbocycles. The Hall–Kier alpha value is -3.46. The van der Waals surface area contributed by atoms with Crippen LogP contribution in [-0.2, 0) is 20.2 Å². The van der Waals surface area contributed by atoms with Crippen LogP contribution in [0.15, 0.2) is 57.7 Å². The van der Waals surface area contributed by atoms with Gasteiger partial charge in [-0.2, -0.15) is 0 Å². The summed E-state index contributed by atoms with van der Waals surface area (Å²) < 4.78 is 30.9. The number of benzene rings is 2. The number of nitrogens with zero attached hydrogens (tertiary/aromatic N) is 2. The summed E-state index contributed by atoms with van der Waals surface area (Å²) in [6, 6.07) is 13.0. The van der Waals surface area contributed by atoms with Crippen LogP contribution in [-0.4, -0.2) is 49.2 Å². The van der Waals surface area contributed by atoms with Crippen LogP contribution in [0.3, 0.4) is 0 Å². The largest absolute Gasteiger partial charge is 0.450 e. The van der Waals surface area contributed by atoms with E-state index in [-0.39, 0.29) is 40.2 Å². The molecule has 0 N–H and O–H groups in total. The Kier molecular flexibility index (Phi) is 4.73. The first-order chi connectivity index (χ1) is 16.8. The van der Waals surface area contributed by atoms with Gasteiger partial charge in [0.1, 0.15) is 5.58 Å². The van der Waals surface area contributed by atoms with E-state index in [9.17, 15) is 22.8 Å². The Morgan fingerprint density at radius 2 is 1.80 bits per heavy atom. The first-order valence-electron chi connectivity index (χ1n) is 11.8. The fourth-order valence-electron chi connectivity index (χ4n) is 5.87. The van der Waals surface area contributed by atoms with Crippen molar-refractivity contribution >= 4 is 38.3 Å². The molecule has 1 fully saturated rings. The number of carbonyl (C=O) groups is 2. The summed E-state index contributed by atoms with van der Waals surface area (Å²) in [4.78, 5) is 45.3. The Morgan fingerprint density at radius 1 is 1.06 bits per heavy atom. The lowest BCUT2D eigenvalue weighted by molar-refractivity contribution is -0.126. The molecule has 8 nitrogen and oxygen atoms in total. The van der Waals surface area contributed by atoms with Crippen LogP contribution >= 0.6 is 0 Å². The molecule has 4 heterocycles. The van der Waals surface area contributed by atoms with Crippen LogP contribution in [0, 0.1) is 0 Å². The van der Waals surface area contributed by atoms with Crippen LogP contribution in [0.4, 0.5) is 5.69 Å². The average Bonchev–Trinajstić information content (AvgIpc) is 3.42. The standard InChI is InChI=1S/C26H24N2O6S/c1-2-3-13-27-19-10-6-5-9-18(19)26(25(27)31)21-22(29)17-8-4-7-11-20(17)34-23(21)24(30)28(26)16-12-14-35(32,33)15-16/h4-11,16H,2-3,12-15H2,1H3/t16-,26-/m1/s1. The molecule has 35 heavy (non-hydrogen) atoms. The zero-order chi connectivity index (χ0) is 24.5. The number of unbranched alkanes of at least 4 members (excludes halogenated alkanes) is 1. The van der Waals surface area contributed by atoms with Crippen molar-refractivity contribution in [1.29, 1.82) is 0 Å². The first-order valence-corrected chi connectivity index (χ1v) is 13.6. The van der Waals surface area contributed by atoms with Gasteiger partial charge in [0, 0.05) is 18.2 Å².